The Labute approximate surface area is 110 Å². The molecule has 18 heavy (non-hydrogen) atoms. The minimum atomic E-state index is 0.388. The van der Waals surface area contributed by atoms with Crippen LogP contribution in [0.4, 0.5) is 5.82 Å². The van der Waals surface area contributed by atoms with Gasteiger partial charge in [-0.25, -0.2) is 4.98 Å². The summed E-state index contributed by atoms with van der Waals surface area (Å²) in [5.74, 6) is 1.41. The van der Waals surface area contributed by atoms with Gasteiger partial charge in [-0.15, -0.1) is 0 Å². The number of nitrogens with zero attached hydrogens (tertiary/aromatic N) is 1. The van der Waals surface area contributed by atoms with Crippen LogP contribution in [0.1, 0.15) is 57.1 Å². The summed E-state index contributed by atoms with van der Waals surface area (Å²) in [5, 5.41) is 3.68. The quantitative estimate of drug-likeness (QED) is 0.839. The van der Waals surface area contributed by atoms with Crippen LogP contribution in [0, 0.1) is 5.92 Å². The third-order valence-electron chi connectivity index (χ3n) is 3.94. The van der Waals surface area contributed by atoms with Gasteiger partial charge in [0.05, 0.1) is 0 Å². The molecular formula is C15H25N3. The van der Waals surface area contributed by atoms with Crippen molar-refractivity contribution in [1.29, 1.82) is 0 Å². The summed E-state index contributed by atoms with van der Waals surface area (Å²) < 4.78 is 0. The molecule has 3 nitrogen and oxygen atoms in total. The maximum atomic E-state index is 6.05. The molecule has 0 aromatic carbocycles. The lowest BCUT2D eigenvalue weighted by Gasteiger charge is -2.31. The van der Waals surface area contributed by atoms with Crippen LogP contribution in [0.25, 0.3) is 0 Å². The average molecular weight is 247 g/mol. The molecule has 1 saturated carbocycles. The van der Waals surface area contributed by atoms with E-state index in [0.717, 1.165) is 18.9 Å². The second kappa shape index (κ2) is 6.74. The minimum absolute atomic E-state index is 0.388. The summed E-state index contributed by atoms with van der Waals surface area (Å²) in [5.41, 5.74) is 7.24. The molecule has 0 spiro atoms. The lowest BCUT2D eigenvalue weighted by atomic mass is 9.81. The molecule has 3 N–H and O–H groups in total. The Kier molecular flexibility index (Phi) is 5.00. The molecule has 2 rings (SSSR count). The van der Waals surface area contributed by atoms with Gasteiger partial charge in [-0.05, 0) is 37.8 Å². The zero-order valence-electron chi connectivity index (χ0n) is 11.4. The van der Waals surface area contributed by atoms with Gasteiger partial charge in [-0.1, -0.05) is 32.3 Å². The van der Waals surface area contributed by atoms with E-state index in [1.165, 1.54) is 37.7 Å². The molecule has 3 heteroatoms. The van der Waals surface area contributed by atoms with E-state index in [-0.39, 0.29) is 0 Å². The van der Waals surface area contributed by atoms with Gasteiger partial charge in [-0.3, -0.25) is 0 Å². The first-order valence-corrected chi connectivity index (χ1v) is 7.26. The third-order valence-corrected chi connectivity index (χ3v) is 3.94. The van der Waals surface area contributed by atoms with Crippen LogP contribution in [-0.4, -0.2) is 11.5 Å². The standard InChI is InChI=1S/C15H25N3/c1-2-10-17-14(12-7-4-3-5-8-12)13-9-6-11-18-15(13)16/h6,9,11-12,14,17H,2-5,7-8,10H2,1H3,(H2,16,18). The molecule has 0 aliphatic heterocycles. The van der Waals surface area contributed by atoms with Gasteiger partial charge in [0, 0.05) is 17.8 Å². The fourth-order valence-corrected chi connectivity index (χ4v) is 2.99. The highest BCUT2D eigenvalue weighted by atomic mass is 14.9. The van der Waals surface area contributed by atoms with Crippen molar-refractivity contribution >= 4 is 5.82 Å². The molecule has 1 aliphatic rings. The zero-order valence-corrected chi connectivity index (χ0v) is 11.4. The van der Waals surface area contributed by atoms with E-state index < -0.39 is 0 Å². The Morgan fingerprint density at radius 1 is 1.39 bits per heavy atom. The molecule has 1 aromatic rings. The van der Waals surface area contributed by atoms with E-state index in [1.807, 2.05) is 6.07 Å². The average Bonchev–Trinajstić information content (AvgIpc) is 2.42. The van der Waals surface area contributed by atoms with E-state index in [9.17, 15) is 0 Å². The van der Waals surface area contributed by atoms with Crippen LogP contribution in [0.2, 0.25) is 0 Å². The number of aromatic nitrogens is 1. The lowest BCUT2D eigenvalue weighted by molar-refractivity contribution is 0.272. The molecular weight excluding hydrogens is 222 g/mol. The molecule has 0 bridgehead atoms. The van der Waals surface area contributed by atoms with E-state index in [2.05, 4.69) is 23.3 Å². The largest absolute Gasteiger partial charge is 0.383 e. The van der Waals surface area contributed by atoms with Gasteiger partial charge in [0.15, 0.2) is 0 Å². The molecule has 1 fully saturated rings. The van der Waals surface area contributed by atoms with Gasteiger partial charge in [-0.2, -0.15) is 0 Å². The number of rotatable bonds is 5. The van der Waals surface area contributed by atoms with Crippen molar-refractivity contribution in [2.24, 2.45) is 5.92 Å². The maximum absolute atomic E-state index is 6.05. The second-order valence-corrected chi connectivity index (χ2v) is 5.31. The Hall–Kier alpha value is -1.09. The number of pyridine rings is 1. The molecule has 0 radical (unpaired) electrons. The van der Waals surface area contributed by atoms with Crippen LogP contribution < -0.4 is 11.1 Å². The van der Waals surface area contributed by atoms with Crippen LogP contribution in [0.3, 0.4) is 0 Å². The minimum Gasteiger partial charge on any atom is -0.383 e. The lowest BCUT2D eigenvalue weighted by Crippen LogP contribution is -2.31. The Morgan fingerprint density at radius 3 is 2.83 bits per heavy atom. The maximum Gasteiger partial charge on any atom is 0.128 e. The molecule has 1 atom stereocenters. The molecule has 1 aliphatic carbocycles. The molecule has 100 valence electrons. The van der Waals surface area contributed by atoms with E-state index >= 15 is 0 Å². The van der Waals surface area contributed by atoms with E-state index in [4.69, 9.17) is 5.73 Å². The molecule has 1 heterocycles. The highest BCUT2D eigenvalue weighted by Crippen LogP contribution is 2.35. The summed E-state index contributed by atoms with van der Waals surface area (Å²) in [6, 6.07) is 4.51. The third kappa shape index (κ3) is 3.22. The van der Waals surface area contributed by atoms with Gasteiger partial charge >= 0.3 is 0 Å². The molecule has 0 amide bonds. The molecule has 0 saturated heterocycles. The van der Waals surface area contributed by atoms with Crippen molar-refractivity contribution in [2.45, 2.75) is 51.5 Å². The smallest absolute Gasteiger partial charge is 0.128 e. The van der Waals surface area contributed by atoms with E-state index in [1.54, 1.807) is 6.20 Å². The first-order valence-electron chi connectivity index (χ1n) is 7.26. The summed E-state index contributed by atoms with van der Waals surface area (Å²) in [7, 11) is 0. The predicted octanol–water partition coefficient (Wildman–Crippen LogP) is 3.28. The van der Waals surface area contributed by atoms with Crippen LogP contribution >= 0.6 is 0 Å². The Morgan fingerprint density at radius 2 is 2.17 bits per heavy atom. The number of nitrogen functional groups attached to an aromatic ring is 1. The molecule has 1 aromatic heterocycles. The SMILES string of the molecule is CCCNC(c1cccnc1N)C1CCCCC1. The van der Waals surface area contributed by atoms with Crippen molar-refractivity contribution < 1.29 is 0 Å². The van der Waals surface area contributed by atoms with Crippen molar-refractivity contribution in [2.75, 3.05) is 12.3 Å². The Balaban J connectivity index is 2.15. The van der Waals surface area contributed by atoms with Gasteiger partial charge in [0.2, 0.25) is 0 Å². The number of hydrogen-bond donors (Lipinski definition) is 2. The number of anilines is 1. The Bertz CT molecular complexity index is 359. The summed E-state index contributed by atoms with van der Waals surface area (Å²) in [6.07, 6.45) is 9.66. The number of nitrogens with two attached hydrogens (primary N) is 1. The first-order chi connectivity index (χ1) is 8.83. The van der Waals surface area contributed by atoms with Gasteiger partial charge in [0.1, 0.15) is 5.82 Å². The van der Waals surface area contributed by atoms with E-state index in [0.29, 0.717) is 11.9 Å². The van der Waals surface area contributed by atoms with Crippen molar-refractivity contribution in [3.63, 3.8) is 0 Å². The summed E-state index contributed by atoms with van der Waals surface area (Å²) in [4.78, 5) is 4.24. The summed E-state index contributed by atoms with van der Waals surface area (Å²) in [6.45, 7) is 3.26. The van der Waals surface area contributed by atoms with Crippen LogP contribution in [0.15, 0.2) is 18.3 Å². The second-order valence-electron chi connectivity index (χ2n) is 5.31. The van der Waals surface area contributed by atoms with Crippen LogP contribution in [-0.2, 0) is 0 Å². The van der Waals surface area contributed by atoms with Crippen molar-refractivity contribution in [3.8, 4) is 0 Å². The van der Waals surface area contributed by atoms with Crippen LogP contribution in [0.5, 0.6) is 0 Å². The predicted molar refractivity (Wildman–Crippen MR) is 76.3 cm³/mol. The van der Waals surface area contributed by atoms with Crippen molar-refractivity contribution in [3.05, 3.63) is 23.9 Å². The summed E-state index contributed by atoms with van der Waals surface area (Å²) >= 11 is 0. The first kappa shape index (κ1) is 13.3. The number of hydrogen-bond acceptors (Lipinski definition) is 3. The highest BCUT2D eigenvalue weighted by Gasteiger charge is 2.26. The topological polar surface area (TPSA) is 50.9 Å². The monoisotopic (exact) mass is 247 g/mol. The fraction of sp³-hybridized carbons (Fsp3) is 0.667. The van der Waals surface area contributed by atoms with Gasteiger partial charge < -0.3 is 11.1 Å². The zero-order chi connectivity index (χ0) is 12.8. The highest BCUT2D eigenvalue weighted by molar-refractivity contribution is 5.41. The normalized spacial score (nSPS) is 18.7. The van der Waals surface area contributed by atoms with Crippen molar-refractivity contribution in [1.82, 2.24) is 10.3 Å². The number of nitrogens with one attached hydrogen (secondary N) is 1. The fourth-order valence-electron chi connectivity index (χ4n) is 2.99. The van der Waals surface area contributed by atoms with Gasteiger partial charge in [0.25, 0.3) is 0 Å². The molecule has 1 unspecified atom stereocenters.